The Hall–Kier alpha value is -1.25. The summed E-state index contributed by atoms with van der Waals surface area (Å²) < 4.78 is 18.2. The van der Waals surface area contributed by atoms with Gasteiger partial charge < -0.3 is 10.1 Å². The number of ether oxygens (including phenoxy) is 1. The van der Waals surface area contributed by atoms with E-state index >= 15 is 0 Å². The van der Waals surface area contributed by atoms with Gasteiger partial charge in [-0.2, -0.15) is 0 Å². The Kier molecular flexibility index (Phi) is 3.55. The number of rotatable bonds is 4. The van der Waals surface area contributed by atoms with Gasteiger partial charge in [0.2, 0.25) is 0 Å². The Balaban J connectivity index is 2.81. The molecule has 0 aromatic heterocycles. The molecule has 0 atom stereocenters. The van der Waals surface area contributed by atoms with Crippen molar-refractivity contribution in [3.63, 3.8) is 0 Å². The van der Waals surface area contributed by atoms with Crippen molar-refractivity contribution in [1.82, 2.24) is 0 Å². The minimum absolute atomic E-state index is 0.273. The Morgan fingerprint density at radius 1 is 1.46 bits per heavy atom. The first-order valence-corrected chi connectivity index (χ1v) is 4.38. The molecule has 0 fully saturated rings. The minimum Gasteiger partial charge on any atom is -0.491 e. The van der Waals surface area contributed by atoms with E-state index in [9.17, 15) is 4.39 Å². The molecule has 72 valence electrons. The molecule has 1 aromatic rings. The highest BCUT2D eigenvalue weighted by atomic mass is 19.1. The zero-order valence-corrected chi connectivity index (χ0v) is 7.93. The molecule has 0 saturated heterocycles. The van der Waals surface area contributed by atoms with Crippen LogP contribution in [0.25, 0.3) is 0 Å². The molecule has 1 aromatic carbocycles. The summed E-state index contributed by atoms with van der Waals surface area (Å²) in [6.07, 6.45) is 0.916. The SMILES string of the molecule is CCCOc1cc(F)ccc1NC. The largest absolute Gasteiger partial charge is 0.491 e. The van der Waals surface area contributed by atoms with Crippen LogP contribution in [0.15, 0.2) is 18.2 Å². The van der Waals surface area contributed by atoms with E-state index in [0.717, 1.165) is 12.1 Å². The van der Waals surface area contributed by atoms with Crippen LogP contribution in [0.5, 0.6) is 5.75 Å². The Morgan fingerprint density at radius 2 is 2.23 bits per heavy atom. The topological polar surface area (TPSA) is 21.3 Å². The van der Waals surface area contributed by atoms with Crippen LogP contribution in [-0.2, 0) is 0 Å². The van der Waals surface area contributed by atoms with Gasteiger partial charge in [-0.05, 0) is 18.6 Å². The molecular formula is C10H14FNO. The smallest absolute Gasteiger partial charge is 0.145 e. The lowest BCUT2D eigenvalue weighted by Crippen LogP contribution is -1.99. The summed E-state index contributed by atoms with van der Waals surface area (Å²) in [5.41, 5.74) is 0.815. The van der Waals surface area contributed by atoms with E-state index in [1.807, 2.05) is 6.92 Å². The molecule has 0 heterocycles. The fourth-order valence-electron chi connectivity index (χ4n) is 1.03. The summed E-state index contributed by atoms with van der Waals surface area (Å²) in [5, 5.41) is 2.94. The standard InChI is InChI=1S/C10H14FNO/c1-3-6-13-10-7-8(11)4-5-9(10)12-2/h4-5,7,12H,3,6H2,1-2H3. The highest BCUT2D eigenvalue weighted by molar-refractivity contribution is 5.55. The van der Waals surface area contributed by atoms with Crippen molar-refractivity contribution in [3.8, 4) is 5.75 Å². The monoisotopic (exact) mass is 183 g/mol. The van der Waals surface area contributed by atoms with E-state index in [-0.39, 0.29) is 5.82 Å². The van der Waals surface area contributed by atoms with Gasteiger partial charge in [0, 0.05) is 13.1 Å². The summed E-state index contributed by atoms with van der Waals surface area (Å²) in [4.78, 5) is 0. The number of halogens is 1. The van der Waals surface area contributed by atoms with Crippen molar-refractivity contribution in [2.24, 2.45) is 0 Å². The predicted molar refractivity (Wildman–Crippen MR) is 51.7 cm³/mol. The van der Waals surface area contributed by atoms with Crippen LogP contribution < -0.4 is 10.1 Å². The summed E-state index contributed by atoms with van der Waals surface area (Å²) in [6, 6.07) is 4.46. The van der Waals surface area contributed by atoms with Crippen LogP contribution in [0.3, 0.4) is 0 Å². The summed E-state index contributed by atoms with van der Waals surface area (Å²) in [6.45, 7) is 2.62. The molecule has 0 radical (unpaired) electrons. The number of nitrogens with one attached hydrogen (secondary N) is 1. The van der Waals surface area contributed by atoms with Gasteiger partial charge in [-0.1, -0.05) is 6.92 Å². The zero-order chi connectivity index (χ0) is 9.68. The van der Waals surface area contributed by atoms with Crippen molar-refractivity contribution in [2.75, 3.05) is 19.0 Å². The average molecular weight is 183 g/mol. The quantitative estimate of drug-likeness (QED) is 0.774. The van der Waals surface area contributed by atoms with E-state index in [0.29, 0.717) is 12.4 Å². The first-order valence-electron chi connectivity index (χ1n) is 4.38. The molecule has 0 unspecified atom stereocenters. The highest BCUT2D eigenvalue weighted by Crippen LogP contribution is 2.24. The van der Waals surface area contributed by atoms with E-state index in [1.54, 1.807) is 13.1 Å². The van der Waals surface area contributed by atoms with E-state index in [2.05, 4.69) is 5.32 Å². The highest BCUT2D eigenvalue weighted by Gasteiger charge is 2.02. The van der Waals surface area contributed by atoms with Crippen molar-refractivity contribution in [1.29, 1.82) is 0 Å². The van der Waals surface area contributed by atoms with Crippen LogP contribution in [-0.4, -0.2) is 13.7 Å². The van der Waals surface area contributed by atoms with Gasteiger partial charge in [0.1, 0.15) is 11.6 Å². The third-order valence-electron chi connectivity index (χ3n) is 1.67. The lowest BCUT2D eigenvalue weighted by atomic mass is 10.3. The molecule has 2 nitrogen and oxygen atoms in total. The summed E-state index contributed by atoms with van der Waals surface area (Å²) in [5.74, 6) is 0.300. The molecule has 3 heteroatoms. The van der Waals surface area contributed by atoms with Crippen molar-refractivity contribution >= 4 is 5.69 Å². The number of anilines is 1. The van der Waals surface area contributed by atoms with Gasteiger partial charge in [-0.3, -0.25) is 0 Å². The van der Waals surface area contributed by atoms with Crippen LogP contribution in [0.2, 0.25) is 0 Å². The molecular weight excluding hydrogens is 169 g/mol. The second-order valence-electron chi connectivity index (χ2n) is 2.74. The molecule has 0 saturated carbocycles. The minimum atomic E-state index is -0.273. The second-order valence-corrected chi connectivity index (χ2v) is 2.74. The van der Waals surface area contributed by atoms with Gasteiger partial charge in [-0.25, -0.2) is 4.39 Å². The summed E-state index contributed by atoms with van der Waals surface area (Å²) >= 11 is 0. The fraction of sp³-hybridized carbons (Fsp3) is 0.400. The van der Waals surface area contributed by atoms with Gasteiger partial charge in [0.15, 0.2) is 0 Å². The molecule has 13 heavy (non-hydrogen) atoms. The normalized spacial score (nSPS) is 9.77. The van der Waals surface area contributed by atoms with Crippen LogP contribution in [0, 0.1) is 5.82 Å². The maximum Gasteiger partial charge on any atom is 0.145 e. The third kappa shape index (κ3) is 2.61. The predicted octanol–water partition coefficient (Wildman–Crippen LogP) is 2.66. The van der Waals surface area contributed by atoms with Gasteiger partial charge in [-0.15, -0.1) is 0 Å². The lowest BCUT2D eigenvalue weighted by Gasteiger charge is -2.09. The number of hydrogen-bond acceptors (Lipinski definition) is 2. The maximum absolute atomic E-state index is 12.8. The molecule has 1 N–H and O–H groups in total. The van der Waals surface area contributed by atoms with Crippen molar-refractivity contribution in [2.45, 2.75) is 13.3 Å². The summed E-state index contributed by atoms with van der Waals surface area (Å²) in [7, 11) is 1.78. The van der Waals surface area contributed by atoms with Crippen LogP contribution >= 0.6 is 0 Å². The van der Waals surface area contributed by atoms with E-state index in [1.165, 1.54) is 12.1 Å². The number of hydrogen-bond donors (Lipinski definition) is 1. The fourth-order valence-corrected chi connectivity index (χ4v) is 1.03. The van der Waals surface area contributed by atoms with E-state index in [4.69, 9.17) is 4.74 Å². The first kappa shape index (κ1) is 9.84. The van der Waals surface area contributed by atoms with Crippen molar-refractivity contribution in [3.05, 3.63) is 24.0 Å². The molecule has 0 aliphatic heterocycles. The van der Waals surface area contributed by atoms with Crippen molar-refractivity contribution < 1.29 is 9.13 Å². The molecule has 0 aliphatic carbocycles. The Labute approximate surface area is 77.7 Å². The third-order valence-corrected chi connectivity index (χ3v) is 1.67. The maximum atomic E-state index is 12.8. The van der Waals surface area contributed by atoms with Gasteiger partial charge in [0.05, 0.1) is 12.3 Å². The van der Waals surface area contributed by atoms with Gasteiger partial charge in [0.25, 0.3) is 0 Å². The Morgan fingerprint density at radius 3 is 2.85 bits per heavy atom. The molecule has 0 aliphatic rings. The van der Waals surface area contributed by atoms with Gasteiger partial charge >= 0.3 is 0 Å². The second kappa shape index (κ2) is 4.70. The first-order chi connectivity index (χ1) is 6.27. The lowest BCUT2D eigenvalue weighted by molar-refractivity contribution is 0.317. The molecule has 0 amide bonds. The number of benzene rings is 1. The van der Waals surface area contributed by atoms with Crippen LogP contribution in [0.4, 0.5) is 10.1 Å². The molecule has 0 spiro atoms. The zero-order valence-electron chi connectivity index (χ0n) is 7.93. The molecule has 1 rings (SSSR count). The molecule has 0 bridgehead atoms. The van der Waals surface area contributed by atoms with Crippen LogP contribution in [0.1, 0.15) is 13.3 Å². The Bertz CT molecular complexity index is 276. The van der Waals surface area contributed by atoms with E-state index < -0.39 is 0 Å². The average Bonchev–Trinajstić information content (AvgIpc) is 2.15.